The molecule has 1 N–H and O–H groups in total. The maximum absolute atomic E-state index is 9.51. The van der Waals surface area contributed by atoms with Gasteiger partial charge in [-0.05, 0) is 50.2 Å². The van der Waals surface area contributed by atoms with Crippen molar-refractivity contribution in [3.8, 4) is 0 Å². The number of hydrogen-bond acceptors (Lipinski definition) is 3. The molecule has 0 bridgehead atoms. The van der Waals surface area contributed by atoms with E-state index < -0.39 is 6.10 Å². The van der Waals surface area contributed by atoms with Crippen molar-refractivity contribution in [2.45, 2.75) is 58.0 Å². The fourth-order valence-corrected chi connectivity index (χ4v) is 3.87. The molecule has 2 heterocycles. The van der Waals surface area contributed by atoms with Crippen LogP contribution < -0.4 is 4.90 Å². The van der Waals surface area contributed by atoms with Gasteiger partial charge in [-0.15, -0.1) is 0 Å². The Balaban J connectivity index is 1.62. The van der Waals surface area contributed by atoms with Crippen LogP contribution in [0.2, 0.25) is 0 Å². The first-order valence-electron chi connectivity index (χ1n) is 8.08. The smallest absolute Gasteiger partial charge is 0.0931 e. The standard InChI is InChI=1S/C17H26N2O/c1-14(20)16-6-5-15(13-18-16)19-11-9-17(10-12-19)7-3-2-4-8-17/h5-6,13-14,20H,2-4,7-12H2,1H3/t14-/m1/s1. The lowest BCUT2D eigenvalue weighted by atomic mass is 9.68. The summed E-state index contributed by atoms with van der Waals surface area (Å²) in [5.74, 6) is 0. The monoisotopic (exact) mass is 274 g/mol. The van der Waals surface area contributed by atoms with Crippen molar-refractivity contribution < 1.29 is 5.11 Å². The summed E-state index contributed by atoms with van der Waals surface area (Å²) in [7, 11) is 0. The molecule has 1 aromatic heterocycles. The molecule has 2 aliphatic rings. The lowest BCUT2D eigenvalue weighted by molar-refractivity contribution is 0.144. The summed E-state index contributed by atoms with van der Waals surface area (Å²) in [5.41, 5.74) is 2.62. The first-order valence-corrected chi connectivity index (χ1v) is 8.08. The molecule has 20 heavy (non-hydrogen) atoms. The van der Waals surface area contributed by atoms with Gasteiger partial charge in [0, 0.05) is 13.1 Å². The maximum Gasteiger partial charge on any atom is 0.0931 e. The van der Waals surface area contributed by atoms with Gasteiger partial charge in [-0.25, -0.2) is 0 Å². The van der Waals surface area contributed by atoms with Crippen LogP contribution in [0.1, 0.15) is 63.7 Å². The van der Waals surface area contributed by atoms with E-state index in [1.165, 1.54) is 50.6 Å². The molecule has 1 aromatic rings. The Hall–Kier alpha value is -1.09. The Labute approximate surface area is 122 Å². The predicted molar refractivity (Wildman–Crippen MR) is 81.8 cm³/mol. The zero-order valence-corrected chi connectivity index (χ0v) is 12.5. The highest BCUT2D eigenvalue weighted by atomic mass is 16.3. The normalized spacial score (nSPS) is 23.8. The maximum atomic E-state index is 9.51. The molecule has 110 valence electrons. The number of aliphatic hydroxyl groups excluding tert-OH is 1. The van der Waals surface area contributed by atoms with Gasteiger partial charge in [-0.1, -0.05) is 19.3 Å². The number of anilines is 1. The molecular weight excluding hydrogens is 248 g/mol. The van der Waals surface area contributed by atoms with Crippen LogP contribution in [0.4, 0.5) is 5.69 Å². The second kappa shape index (κ2) is 5.72. The fourth-order valence-electron chi connectivity index (χ4n) is 3.87. The third-order valence-electron chi connectivity index (χ3n) is 5.30. The van der Waals surface area contributed by atoms with Gasteiger partial charge in [0.05, 0.1) is 23.7 Å². The quantitative estimate of drug-likeness (QED) is 0.893. The van der Waals surface area contributed by atoms with Crippen LogP contribution in [0.5, 0.6) is 0 Å². The van der Waals surface area contributed by atoms with E-state index in [1.54, 1.807) is 6.92 Å². The predicted octanol–water partition coefficient (Wildman–Crippen LogP) is 3.69. The Bertz CT molecular complexity index is 425. The van der Waals surface area contributed by atoms with Crippen molar-refractivity contribution in [1.29, 1.82) is 0 Å². The number of nitrogens with zero attached hydrogens (tertiary/aromatic N) is 2. The third kappa shape index (κ3) is 2.83. The van der Waals surface area contributed by atoms with E-state index in [0.717, 1.165) is 18.8 Å². The molecule has 1 aliphatic carbocycles. The minimum atomic E-state index is -0.476. The van der Waals surface area contributed by atoms with Crippen molar-refractivity contribution in [2.24, 2.45) is 5.41 Å². The largest absolute Gasteiger partial charge is 0.387 e. The minimum absolute atomic E-state index is 0.476. The van der Waals surface area contributed by atoms with Gasteiger partial charge in [-0.3, -0.25) is 4.98 Å². The Morgan fingerprint density at radius 1 is 1.10 bits per heavy atom. The van der Waals surface area contributed by atoms with Crippen molar-refractivity contribution in [2.75, 3.05) is 18.0 Å². The van der Waals surface area contributed by atoms with Gasteiger partial charge in [-0.2, -0.15) is 0 Å². The van der Waals surface area contributed by atoms with Gasteiger partial charge in [0.2, 0.25) is 0 Å². The Morgan fingerprint density at radius 3 is 2.35 bits per heavy atom. The minimum Gasteiger partial charge on any atom is -0.387 e. The van der Waals surface area contributed by atoms with E-state index in [2.05, 4.69) is 16.0 Å². The average molecular weight is 274 g/mol. The fraction of sp³-hybridized carbons (Fsp3) is 0.706. The summed E-state index contributed by atoms with van der Waals surface area (Å²) in [6.07, 6.45) is 11.3. The van der Waals surface area contributed by atoms with Crippen LogP contribution in [0, 0.1) is 5.41 Å². The molecule has 1 aliphatic heterocycles. The van der Waals surface area contributed by atoms with E-state index in [1.807, 2.05) is 12.3 Å². The van der Waals surface area contributed by atoms with Gasteiger partial charge in [0.15, 0.2) is 0 Å². The lowest BCUT2D eigenvalue weighted by Gasteiger charge is -2.45. The third-order valence-corrected chi connectivity index (χ3v) is 5.30. The SMILES string of the molecule is C[C@@H](O)c1ccc(N2CCC3(CCCCC3)CC2)cn1. The number of aromatic nitrogens is 1. The topological polar surface area (TPSA) is 36.4 Å². The summed E-state index contributed by atoms with van der Waals surface area (Å²) in [4.78, 5) is 6.82. The molecule has 1 saturated carbocycles. The second-order valence-electron chi connectivity index (χ2n) is 6.66. The van der Waals surface area contributed by atoms with Gasteiger partial charge >= 0.3 is 0 Å². The van der Waals surface area contributed by atoms with Crippen LogP contribution in [0.15, 0.2) is 18.3 Å². The summed E-state index contributed by atoms with van der Waals surface area (Å²) in [6, 6.07) is 4.05. The highest BCUT2D eigenvalue weighted by Crippen LogP contribution is 2.45. The summed E-state index contributed by atoms with van der Waals surface area (Å²) in [6.45, 7) is 4.08. The molecule has 1 atom stereocenters. The number of rotatable bonds is 2. The van der Waals surface area contributed by atoms with Crippen molar-refractivity contribution in [3.63, 3.8) is 0 Å². The molecule has 1 spiro atoms. The van der Waals surface area contributed by atoms with Gasteiger partial charge < -0.3 is 10.0 Å². The average Bonchev–Trinajstić information content (AvgIpc) is 2.49. The van der Waals surface area contributed by atoms with Crippen molar-refractivity contribution >= 4 is 5.69 Å². The van der Waals surface area contributed by atoms with Crippen molar-refractivity contribution in [3.05, 3.63) is 24.0 Å². The van der Waals surface area contributed by atoms with E-state index in [4.69, 9.17) is 0 Å². The molecule has 2 fully saturated rings. The molecule has 1 saturated heterocycles. The molecule has 3 rings (SSSR count). The molecule has 0 aromatic carbocycles. The van der Waals surface area contributed by atoms with Crippen LogP contribution >= 0.6 is 0 Å². The highest BCUT2D eigenvalue weighted by molar-refractivity contribution is 5.45. The zero-order chi connectivity index (χ0) is 14.0. The van der Waals surface area contributed by atoms with Crippen molar-refractivity contribution in [1.82, 2.24) is 4.98 Å². The zero-order valence-electron chi connectivity index (χ0n) is 12.5. The van der Waals surface area contributed by atoms with Crippen LogP contribution in [-0.2, 0) is 0 Å². The molecule has 3 nitrogen and oxygen atoms in total. The van der Waals surface area contributed by atoms with Crippen LogP contribution in [0.25, 0.3) is 0 Å². The lowest BCUT2D eigenvalue weighted by Crippen LogP contribution is -2.41. The van der Waals surface area contributed by atoms with E-state index in [9.17, 15) is 5.11 Å². The number of hydrogen-bond donors (Lipinski definition) is 1. The number of piperidine rings is 1. The molecule has 0 unspecified atom stereocenters. The first-order chi connectivity index (χ1) is 9.69. The van der Waals surface area contributed by atoms with Crippen LogP contribution in [0.3, 0.4) is 0 Å². The van der Waals surface area contributed by atoms with Crippen LogP contribution in [-0.4, -0.2) is 23.2 Å². The molecule has 3 heteroatoms. The van der Waals surface area contributed by atoms with Gasteiger partial charge in [0.1, 0.15) is 0 Å². The number of aliphatic hydroxyl groups is 1. The first kappa shape index (κ1) is 13.9. The molecule has 0 amide bonds. The highest BCUT2D eigenvalue weighted by Gasteiger charge is 2.35. The Morgan fingerprint density at radius 2 is 1.80 bits per heavy atom. The Kier molecular flexibility index (Phi) is 3.97. The van der Waals surface area contributed by atoms with E-state index in [0.29, 0.717) is 5.41 Å². The molecule has 0 radical (unpaired) electrons. The number of pyridine rings is 1. The summed E-state index contributed by atoms with van der Waals surface area (Å²) < 4.78 is 0. The van der Waals surface area contributed by atoms with E-state index in [-0.39, 0.29) is 0 Å². The second-order valence-corrected chi connectivity index (χ2v) is 6.66. The molecular formula is C17H26N2O. The summed E-state index contributed by atoms with van der Waals surface area (Å²) in [5, 5.41) is 9.51. The van der Waals surface area contributed by atoms with E-state index >= 15 is 0 Å². The van der Waals surface area contributed by atoms with Gasteiger partial charge in [0.25, 0.3) is 0 Å². The summed E-state index contributed by atoms with van der Waals surface area (Å²) >= 11 is 0.